The van der Waals surface area contributed by atoms with Gasteiger partial charge in [0.05, 0.1) is 18.7 Å². The van der Waals surface area contributed by atoms with E-state index in [9.17, 15) is 14.7 Å². The number of hydrogen-bond donors (Lipinski definition) is 1. The Balaban J connectivity index is 1.77. The van der Waals surface area contributed by atoms with Crippen molar-refractivity contribution in [3.8, 4) is 5.75 Å². The number of benzene rings is 3. The van der Waals surface area contributed by atoms with E-state index < -0.39 is 17.7 Å². The van der Waals surface area contributed by atoms with Crippen LogP contribution < -0.4 is 4.74 Å². The Bertz CT molecular complexity index is 1150. The lowest BCUT2D eigenvalue weighted by atomic mass is 9.95. The summed E-state index contributed by atoms with van der Waals surface area (Å²) in [6.07, 6.45) is 0.601. The number of rotatable bonds is 6. The van der Waals surface area contributed by atoms with E-state index in [4.69, 9.17) is 4.74 Å². The quantitative estimate of drug-likeness (QED) is 0.295. The van der Waals surface area contributed by atoms with Crippen LogP contribution in [-0.4, -0.2) is 35.4 Å². The normalized spacial score (nSPS) is 17.6. The summed E-state index contributed by atoms with van der Waals surface area (Å²) in [7, 11) is 1.56. The fraction of sp³-hybridized carbons (Fsp3) is 0.154. The van der Waals surface area contributed by atoms with Gasteiger partial charge in [-0.15, -0.1) is 0 Å². The average Bonchev–Trinajstić information content (AvgIpc) is 3.08. The highest BCUT2D eigenvalue weighted by Gasteiger charge is 2.45. The molecule has 0 aliphatic carbocycles. The van der Waals surface area contributed by atoms with Gasteiger partial charge in [0.15, 0.2) is 0 Å². The lowest BCUT2D eigenvalue weighted by molar-refractivity contribution is -0.139. The summed E-state index contributed by atoms with van der Waals surface area (Å²) in [5, 5.41) is 11.1. The van der Waals surface area contributed by atoms with Gasteiger partial charge in [0.25, 0.3) is 11.7 Å². The van der Waals surface area contributed by atoms with Gasteiger partial charge >= 0.3 is 0 Å². The van der Waals surface area contributed by atoms with E-state index in [0.717, 1.165) is 15.6 Å². The summed E-state index contributed by atoms with van der Waals surface area (Å²) in [6.45, 7) is 0.356. The Morgan fingerprint density at radius 1 is 0.969 bits per heavy atom. The Hall–Kier alpha value is -3.38. The van der Waals surface area contributed by atoms with E-state index >= 15 is 0 Å². The molecule has 32 heavy (non-hydrogen) atoms. The van der Waals surface area contributed by atoms with E-state index in [0.29, 0.717) is 24.3 Å². The van der Waals surface area contributed by atoms with Crippen LogP contribution in [0.25, 0.3) is 5.76 Å². The highest BCUT2D eigenvalue weighted by molar-refractivity contribution is 9.10. The van der Waals surface area contributed by atoms with Gasteiger partial charge in [-0.05, 0) is 53.9 Å². The number of likely N-dealkylation sites (tertiary alicyclic amines) is 1. The molecule has 4 rings (SSSR count). The summed E-state index contributed by atoms with van der Waals surface area (Å²) in [5.74, 6) is -0.848. The van der Waals surface area contributed by atoms with Crippen molar-refractivity contribution in [2.45, 2.75) is 12.5 Å². The number of aliphatic hydroxyl groups is 1. The van der Waals surface area contributed by atoms with Crippen LogP contribution in [-0.2, 0) is 16.0 Å². The highest BCUT2D eigenvalue weighted by Crippen LogP contribution is 2.39. The minimum absolute atomic E-state index is 0.0931. The molecule has 1 unspecified atom stereocenters. The summed E-state index contributed by atoms with van der Waals surface area (Å²) < 4.78 is 6.06. The second-order valence-electron chi connectivity index (χ2n) is 7.51. The number of ketones is 1. The minimum Gasteiger partial charge on any atom is -0.507 e. The van der Waals surface area contributed by atoms with Crippen LogP contribution in [0.1, 0.15) is 22.7 Å². The Labute approximate surface area is 195 Å². The molecule has 1 amide bonds. The summed E-state index contributed by atoms with van der Waals surface area (Å²) >= 11 is 3.43. The zero-order valence-corrected chi connectivity index (χ0v) is 19.1. The second-order valence-corrected chi connectivity index (χ2v) is 8.42. The fourth-order valence-electron chi connectivity index (χ4n) is 3.90. The first-order chi connectivity index (χ1) is 15.5. The van der Waals surface area contributed by atoms with Crippen molar-refractivity contribution in [2.24, 2.45) is 0 Å². The fourth-order valence-corrected chi connectivity index (χ4v) is 4.17. The number of ether oxygens (including phenoxy) is 1. The molecule has 6 heteroatoms. The molecule has 1 aliphatic heterocycles. The van der Waals surface area contributed by atoms with Crippen molar-refractivity contribution in [1.82, 2.24) is 4.90 Å². The smallest absolute Gasteiger partial charge is 0.295 e. The topological polar surface area (TPSA) is 66.8 Å². The number of methoxy groups -OCH3 is 1. The molecule has 1 atom stereocenters. The largest absolute Gasteiger partial charge is 0.507 e. The van der Waals surface area contributed by atoms with Gasteiger partial charge in [0.1, 0.15) is 11.5 Å². The highest BCUT2D eigenvalue weighted by atomic mass is 79.9. The molecule has 3 aromatic rings. The molecule has 0 aromatic heterocycles. The zero-order valence-electron chi connectivity index (χ0n) is 17.5. The van der Waals surface area contributed by atoms with E-state index in [1.807, 2.05) is 54.6 Å². The number of aliphatic hydroxyl groups excluding tert-OH is 1. The van der Waals surface area contributed by atoms with E-state index in [1.165, 1.54) is 0 Å². The van der Waals surface area contributed by atoms with Gasteiger partial charge < -0.3 is 14.7 Å². The maximum atomic E-state index is 13.1. The van der Waals surface area contributed by atoms with E-state index in [-0.39, 0.29) is 11.3 Å². The predicted molar refractivity (Wildman–Crippen MR) is 126 cm³/mol. The molecule has 0 radical (unpaired) electrons. The molecule has 1 fully saturated rings. The number of nitrogens with zero attached hydrogens (tertiary/aromatic N) is 1. The number of carbonyl (C=O) groups is 2. The average molecular weight is 492 g/mol. The number of halogens is 1. The third-order valence-corrected chi connectivity index (χ3v) is 6.10. The third kappa shape index (κ3) is 4.32. The lowest BCUT2D eigenvalue weighted by Gasteiger charge is -2.25. The standard InChI is InChI=1S/C26H22BrNO4/c1-32-21-13-9-19(10-14-21)24(29)22-23(18-7-11-20(27)12-8-18)28(26(31)25(22)30)16-15-17-5-3-2-4-6-17/h2-14,23,29H,15-16H2,1H3. The van der Waals surface area contributed by atoms with Crippen LogP contribution in [0.5, 0.6) is 5.75 Å². The van der Waals surface area contributed by atoms with Crippen molar-refractivity contribution in [3.63, 3.8) is 0 Å². The van der Waals surface area contributed by atoms with Crippen molar-refractivity contribution >= 4 is 33.4 Å². The monoisotopic (exact) mass is 491 g/mol. The Morgan fingerprint density at radius 3 is 2.25 bits per heavy atom. The Kier molecular flexibility index (Phi) is 6.42. The van der Waals surface area contributed by atoms with Gasteiger partial charge in [0.2, 0.25) is 0 Å². The molecule has 3 aromatic carbocycles. The third-order valence-electron chi connectivity index (χ3n) is 5.57. The maximum Gasteiger partial charge on any atom is 0.295 e. The van der Waals surface area contributed by atoms with Crippen LogP contribution in [0, 0.1) is 0 Å². The van der Waals surface area contributed by atoms with Gasteiger partial charge in [0, 0.05) is 16.6 Å². The lowest BCUT2D eigenvalue weighted by Crippen LogP contribution is -2.31. The molecular weight excluding hydrogens is 470 g/mol. The molecule has 0 saturated carbocycles. The molecule has 1 heterocycles. The van der Waals surface area contributed by atoms with Crippen LogP contribution in [0.15, 0.2) is 88.9 Å². The zero-order chi connectivity index (χ0) is 22.7. The molecule has 5 nitrogen and oxygen atoms in total. The summed E-state index contributed by atoms with van der Waals surface area (Å²) in [5.41, 5.74) is 2.37. The second kappa shape index (κ2) is 9.40. The number of hydrogen-bond acceptors (Lipinski definition) is 4. The first-order valence-electron chi connectivity index (χ1n) is 10.2. The first kappa shape index (κ1) is 21.8. The number of Topliss-reactive ketones (excluding diaryl/α,β-unsaturated/α-hetero) is 1. The van der Waals surface area contributed by atoms with Crippen LogP contribution in [0.2, 0.25) is 0 Å². The first-order valence-corrected chi connectivity index (χ1v) is 11.0. The molecule has 1 aliphatic rings. The van der Waals surface area contributed by atoms with Crippen molar-refractivity contribution in [1.29, 1.82) is 0 Å². The summed E-state index contributed by atoms with van der Waals surface area (Å²) in [4.78, 5) is 27.6. The van der Waals surface area contributed by atoms with Crippen molar-refractivity contribution < 1.29 is 19.4 Å². The molecule has 162 valence electrons. The molecular formula is C26H22BrNO4. The predicted octanol–water partition coefficient (Wildman–Crippen LogP) is 5.12. The van der Waals surface area contributed by atoms with Gasteiger partial charge in [-0.25, -0.2) is 0 Å². The molecule has 1 N–H and O–H groups in total. The van der Waals surface area contributed by atoms with E-state index in [1.54, 1.807) is 36.3 Å². The van der Waals surface area contributed by atoms with E-state index in [2.05, 4.69) is 15.9 Å². The van der Waals surface area contributed by atoms with Gasteiger partial charge in [-0.3, -0.25) is 9.59 Å². The molecule has 0 bridgehead atoms. The molecule has 1 saturated heterocycles. The number of carbonyl (C=O) groups excluding carboxylic acids is 2. The summed E-state index contributed by atoms with van der Waals surface area (Å²) in [6, 6.07) is 23.3. The minimum atomic E-state index is -0.681. The SMILES string of the molecule is COc1ccc(C(O)=C2C(=O)C(=O)N(CCc3ccccc3)C2c2ccc(Br)cc2)cc1. The van der Waals surface area contributed by atoms with Crippen molar-refractivity contribution in [3.05, 3.63) is 106 Å². The van der Waals surface area contributed by atoms with Gasteiger partial charge in [-0.2, -0.15) is 0 Å². The maximum absolute atomic E-state index is 13.1. The molecule has 0 spiro atoms. The van der Waals surface area contributed by atoms with Gasteiger partial charge in [-0.1, -0.05) is 58.4 Å². The van der Waals surface area contributed by atoms with Crippen LogP contribution in [0.3, 0.4) is 0 Å². The number of amides is 1. The van der Waals surface area contributed by atoms with Crippen molar-refractivity contribution in [2.75, 3.05) is 13.7 Å². The van der Waals surface area contributed by atoms with Crippen LogP contribution >= 0.6 is 15.9 Å². The Morgan fingerprint density at radius 2 is 1.62 bits per heavy atom. The van der Waals surface area contributed by atoms with Crippen LogP contribution in [0.4, 0.5) is 0 Å².